The molecular weight excluding hydrogens is 178 g/mol. The third-order valence-electron chi connectivity index (χ3n) is 2.37. The topological polar surface area (TPSA) is 45.2 Å². The van der Waals surface area contributed by atoms with Crippen LogP contribution >= 0.6 is 0 Å². The summed E-state index contributed by atoms with van der Waals surface area (Å²) in [5.74, 6) is 0.940. The molecule has 1 aromatic heterocycles. The molecule has 1 amide bonds. The van der Waals surface area contributed by atoms with E-state index in [2.05, 4.69) is 10.3 Å². The molecule has 1 aliphatic rings. The molecule has 4 nitrogen and oxygen atoms in total. The number of likely N-dealkylation sites (N-methyl/N-ethyl adjacent to an activating group) is 1. The third-order valence-corrected chi connectivity index (χ3v) is 2.37. The lowest BCUT2D eigenvalue weighted by Crippen LogP contribution is -2.37. The number of carbonyl (C=O) groups excluding carboxylic acids is 1. The largest absolute Gasteiger partial charge is 0.358 e. The highest BCUT2D eigenvalue weighted by Crippen LogP contribution is 2.23. The summed E-state index contributed by atoms with van der Waals surface area (Å²) < 4.78 is 0. The zero-order chi connectivity index (χ0) is 10.1. The second-order valence-electron chi connectivity index (χ2n) is 3.64. The minimum atomic E-state index is -0.144. The molecule has 74 valence electrons. The van der Waals surface area contributed by atoms with Crippen LogP contribution < -0.4 is 5.32 Å². The average molecular weight is 191 g/mol. The highest BCUT2D eigenvalue weighted by atomic mass is 16.2. The highest BCUT2D eigenvalue weighted by molar-refractivity contribution is 5.86. The number of hydrogen-bond donors (Lipinski definition) is 1. The lowest BCUT2D eigenvalue weighted by Gasteiger charge is -2.15. The molecule has 4 heteroatoms. The Bertz CT molecular complexity index is 337. The van der Waals surface area contributed by atoms with Crippen LogP contribution in [0, 0.1) is 0 Å². The van der Waals surface area contributed by atoms with Gasteiger partial charge in [-0.3, -0.25) is 4.79 Å². The van der Waals surface area contributed by atoms with E-state index in [1.165, 1.54) is 0 Å². The van der Waals surface area contributed by atoms with Gasteiger partial charge in [-0.15, -0.1) is 0 Å². The predicted molar refractivity (Wildman–Crippen MR) is 54.0 cm³/mol. The minimum absolute atomic E-state index is 0.100. The summed E-state index contributed by atoms with van der Waals surface area (Å²) in [4.78, 5) is 17.4. The van der Waals surface area contributed by atoms with Crippen LogP contribution in [0.25, 0.3) is 0 Å². The van der Waals surface area contributed by atoms with E-state index in [-0.39, 0.29) is 11.9 Å². The Hall–Kier alpha value is -1.58. The number of aromatic nitrogens is 1. The zero-order valence-corrected chi connectivity index (χ0v) is 8.32. The van der Waals surface area contributed by atoms with Crippen molar-refractivity contribution < 1.29 is 4.79 Å². The Morgan fingerprint density at radius 3 is 3.07 bits per heavy atom. The molecular formula is C10H13N3O. The van der Waals surface area contributed by atoms with Crippen LogP contribution in [-0.4, -0.2) is 35.9 Å². The lowest BCUT2D eigenvalue weighted by atomic mass is 10.1. The van der Waals surface area contributed by atoms with Gasteiger partial charge >= 0.3 is 0 Å². The molecule has 1 unspecified atom stereocenters. The van der Waals surface area contributed by atoms with Crippen LogP contribution in [0.4, 0.5) is 5.82 Å². The molecule has 0 aliphatic carbocycles. The van der Waals surface area contributed by atoms with E-state index in [0.29, 0.717) is 0 Å². The SMILES string of the molecule is CN(C)C(=O)C1Cc2cccnc2N1. The second kappa shape index (κ2) is 3.29. The fraction of sp³-hybridized carbons (Fsp3) is 0.400. The molecule has 0 radical (unpaired) electrons. The maximum Gasteiger partial charge on any atom is 0.244 e. The fourth-order valence-corrected chi connectivity index (χ4v) is 1.63. The molecule has 0 saturated carbocycles. The van der Waals surface area contributed by atoms with Crippen molar-refractivity contribution in [3.8, 4) is 0 Å². The van der Waals surface area contributed by atoms with Gasteiger partial charge in [0.15, 0.2) is 0 Å². The van der Waals surface area contributed by atoms with Crippen LogP contribution in [0.15, 0.2) is 18.3 Å². The number of carbonyl (C=O) groups is 1. The van der Waals surface area contributed by atoms with Gasteiger partial charge in [0.25, 0.3) is 0 Å². The summed E-state index contributed by atoms with van der Waals surface area (Å²) in [5, 5.41) is 3.11. The first-order valence-electron chi connectivity index (χ1n) is 4.60. The maximum absolute atomic E-state index is 11.6. The zero-order valence-electron chi connectivity index (χ0n) is 8.32. The lowest BCUT2D eigenvalue weighted by molar-refractivity contribution is -0.129. The molecule has 1 atom stereocenters. The number of hydrogen-bond acceptors (Lipinski definition) is 3. The van der Waals surface area contributed by atoms with Crippen LogP contribution in [0.3, 0.4) is 0 Å². The van der Waals surface area contributed by atoms with E-state index < -0.39 is 0 Å². The van der Waals surface area contributed by atoms with Crippen molar-refractivity contribution in [1.82, 2.24) is 9.88 Å². The molecule has 1 aliphatic heterocycles. The Balaban J connectivity index is 2.16. The van der Waals surface area contributed by atoms with E-state index in [4.69, 9.17) is 0 Å². The maximum atomic E-state index is 11.6. The molecule has 0 fully saturated rings. The van der Waals surface area contributed by atoms with Crippen molar-refractivity contribution in [2.45, 2.75) is 12.5 Å². The molecule has 1 aromatic rings. The van der Waals surface area contributed by atoms with Gasteiger partial charge in [-0.25, -0.2) is 4.98 Å². The third kappa shape index (κ3) is 1.43. The Kier molecular flexibility index (Phi) is 2.11. The van der Waals surface area contributed by atoms with Crippen molar-refractivity contribution in [3.63, 3.8) is 0 Å². The monoisotopic (exact) mass is 191 g/mol. The highest BCUT2D eigenvalue weighted by Gasteiger charge is 2.27. The number of fused-ring (bicyclic) bond motifs is 1. The molecule has 2 heterocycles. The van der Waals surface area contributed by atoms with Gasteiger partial charge in [0.1, 0.15) is 11.9 Å². The molecule has 2 rings (SSSR count). The van der Waals surface area contributed by atoms with Crippen LogP contribution in [0.5, 0.6) is 0 Å². The molecule has 14 heavy (non-hydrogen) atoms. The minimum Gasteiger partial charge on any atom is -0.358 e. The molecule has 0 aromatic carbocycles. The predicted octanol–water partition coefficient (Wildman–Crippen LogP) is 0.506. The quantitative estimate of drug-likeness (QED) is 0.703. The summed E-state index contributed by atoms with van der Waals surface area (Å²) >= 11 is 0. The van der Waals surface area contributed by atoms with E-state index in [0.717, 1.165) is 17.8 Å². The standard InChI is InChI=1S/C10H13N3O/c1-13(2)10(14)8-6-7-4-3-5-11-9(7)12-8/h3-5,8H,6H2,1-2H3,(H,11,12). The first-order valence-corrected chi connectivity index (χ1v) is 4.60. The number of anilines is 1. The first kappa shape index (κ1) is 8.99. The summed E-state index contributed by atoms with van der Waals surface area (Å²) in [6.07, 6.45) is 2.47. The second-order valence-corrected chi connectivity index (χ2v) is 3.64. The Morgan fingerprint density at radius 2 is 2.43 bits per heavy atom. The van der Waals surface area contributed by atoms with Crippen molar-refractivity contribution >= 4 is 11.7 Å². The number of nitrogens with one attached hydrogen (secondary N) is 1. The van der Waals surface area contributed by atoms with Gasteiger partial charge in [0, 0.05) is 26.7 Å². The summed E-state index contributed by atoms with van der Waals surface area (Å²) in [6.45, 7) is 0. The normalized spacial score (nSPS) is 18.6. The van der Waals surface area contributed by atoms with Gasteiger partial charge in [0.2, 0.25) is 5.91 Å². The summed E-state index contributed by atoms with van der Waals surface area (Å²) in [6, 6.07) is 3.75. The number of nitrogens with zero attached hydrogens (tertiary/aromatic N) is 2. The molecule has 0 bridgehead atoms. The summed E-state index contributed by atoms with van der Waals surface area (Å²) in [7, 11) is 3.53. The van der Waals surface area contributed by atoms with Crippen molar-refractivity contribution in [1.29, 1.82) is 0 Å². The first-order chi connectivity index (χ1) is 6.68. The van der Waals surface area contributed by atoms with Crippen molar-refractivity contribution in [3.05, 3.63) is 23.9 Å². The van der Waals surface area contributed by atoms with E-state index >= 15 is 0 Å². The van der Waals surface area contributed by atoms with Crippen LogP contribution in [-0.2, 0) is 11.2 Å². The van der Waals surface area contributed by atoms with Gasteiger partial charge < -0.3 is 10.2 Å². The van der Waals surface area contributed by atoms with E-state index in [1.54, 1.807) is 25.2 Å². The number of pyridine rings is 1. The van der Waals surface area contributed by atoms with Crippen LogP contribution in [0.2, 0.25) is 0 Å². The Morgan fingerprint density at radius 1 is 1.64 bits per heavy atom. The number of amides is 1. The Labute approximate surface area is 82.9 Å². The fourth-order valence-electron chi connectivity index (χ4n) is 1.63. The van der Waals surface area contributed by atoms with Crippen LogP contribution in [0.1, 0.15) is 5.56 Å². The van der Waals surface area contributed by atoms with Gasteiger partial charge in [-0.05, 0) is 11.6 Å². The molecule has 0 spiro atoms. The smallest absolute Gasteiger partial charge is 0.244 e. The molecule has 0 saturated heterocycles. The summed E-state index contributed by atoms with van der Waals surface area (Å²) in [5.41, 5.74) is 1.12. The van der Waals surface area contributed by atoms with Gasteiger partial charge in [0.05, 0.1) is 0 Å². The van der Waals surface area contributed by atoms with E-state index in [1.807, 2.05) is 12.1 Å². The van der Waals surface area contributed by atoms with Gasteiger partial charge in [-0.2, -0.15) is 0 Å². The van der Waals surface area contributed by atoms with Crippen molar-refractivity contribution in [2.24, 2.45) is 0 Å². The average Bonchev–Trinajstić information content (AvgIpc) is 2.59. The number of rotatable bonds is 1. The molecule has 1 N–H and O–H groups in total. The van der Waals surface area contributed by atoms with E-state index in [9.17, 15) is 4.79 Å². The van der Waals surface area contributed by atoms with Crippen molar-refractivity contribution in [2.75, 3.05) is 19.4 Å². The van der Waals surface area contributed by atoms with Gasteiger partial charge in [-0.1, -0.05) is 6.07 Å².